The summed E-state index contributed by atoms with van der Waals surface area (Å²) in [4.78, 5) is 3.98. The summed E-state index contributed by atoms with van der Waals surface area (Å²) in [6.45, 7) is 13.4. The van der Waals surface area contributed by atoms with E-state index in [1.54, 1.807) is 0 Å². The SMILES string of the molecule is C=CC1=C(N=C)C(C)CC1.CC. The van der Waals surface area contributed by atoms with Gasteiger partial charge in [0.05, 0.1) is 0 Å². The second-order valence-corrected chi connectivity index (χ2v) is 2.71. The molecular formula is C11H19N. The van der Waals surface area contributed by atoms with Crippen molar-refractivity contribution in [2.75, 3.05) is 0 Å². The van der Waals surface area contributed by atoms with Crippen LogP contribution in [0.3, 0.4) is 0 Å². The molecule has 0 amide bonds. The van der Waals surface area contributed by atoms with Gasteiger partial charge < -0.3 is 0 Å². The van der Waals surface area contributed by atoms with Crippen LogP contribution in [0.4, 0.5) is 0 Å². The van der Waals surface area contributed by atoms with Gasteiger partial charge >= 0.3 is 0 Å². The average molecular weight is 165 g/mol. The van der Waals surface area contributed by atoms with Crippen molar-refractivity contribution in [1.82, 2.24) is 0 Å². The van der Waals surface area contributed by atoms with E-state index in [0.717, 1.165) is 12.1 Å². The normalized spacial score (nSPS) is 21.4. The maximum Gasteiger partial charge on any atom is 0.0456 e. The monoisotopic (exact) mass is 165 g/mol. The summed E-state index contributed by atoms with van der Waals surface area (Å²) in [6, 6.07) is 0. The van der Waals surface area contributed by atoms with Gasteiger partial charge in [-0.2, -0.15) is 0 Å². The molecule has 0 N–H and O–H groups in total. The maximum atomic E-state index is 3.98. The van der Waals surface area contributed by atoms with Gasteiger partial charge in [-0.15, -0.1) is 0 Å². The molecule has 0 bridgehead atoms. The molecular weight excluding hydrogens is 146 g/mol. The zero-order valence-corrected chi connectivity index (χ0v) is 8.43. The zero-order chi connectivity index (χ0) is 9.56. The smallest absolute Gasteiger partial charge is 0.0456 e. The summed E-state index contributed by atoms with van der Waals surface area (Å²) in [5, 5.41) is 0. The zero-order valence-electron chi connectivity index (χ0n) is 8.43. The molecule has 0 radical (unpaired) electrons. The molecule has 68 valence electrons. The minimum atomic E-state index is 0.588. The molecule has 1 heteroatoms. The Bertz CT molecular complexity index is 189. The summed E-state index contributed by atoms with van der Waals surface area (Å²) in [5.41, 5.74) is 2.43. The fourth-order valence-electron chi connectivity index (χ4n) is 1.42. The third-order valence-electron chi connectivity index (χ3n) is 2.06. The summed E-state index contributed by atoms with van der Waals surface area (Å²) in [7, 11) is 0. The van der Waals surface area contributed by atoms with Crippen LogP contribution in [0.15, 0.2) is 28.9 Å². The Morgan fingerprint density at radius 1 is 1.50 bits per heavy atom. The lowest BCUT2D eigenvalue weighted by Crippen LogP contribution is -1.88. The first-order chi connectivity index (χ1) is 5.79. The van der Waals surface area contributed by atoms with E-state index in [1.807, 2.05) is 19.9 Å². The van der Waals surface area contributed by atoms with Crippen LogP contribution in [0, 0.1) is 5.92 Å². The molecule has 0 spiro atoms. The Labute approximate surface area is 75.9 Å². The Morgan fingerprint density at radius 3 is 2.42 bits per heavy atom. The lowest BCUT2D eigenvalue weighted by Gasteiger charge is -2.00. The highest BCUT2D eigenvalue weighted by Gasteiger charge is 2.18. The molecule has 1 aliphatic carbocycles. The minimum absolute atomic E-state index is 0.588. The number of hydrogen-bond donors (Lipinski definition) is 0. The molecule has 1 atom stereocenters. The number of rotatable bonds is 2. The van der Waals surface area contributed by atoms with E-state index in [0.29, 0.717) is 5.92 Å². The first kappa shape index (κ1) is 11.2. The molecule has 0 aromatic rings. The van der Waals surface area contributed by atoms with Crippen molar-refractivity contribution in [3.63, 3.8) is 0 Å². The summed E-state index contributed by atoms with van der Waals surface area (Å²) in [5.74, 6) is 0.588. The molecule has 0 fully saturated rings. The van der Waals surface area contributed by atoms with Crippen molar-refractivity contribution in [2.24, 2.45) is 10.9 Å². The Kier molecular flexibility index (Phi) is 5.35. The van der Waals surface area contributed by atoms with Crippen molar-refractivity contribution in [3.05, 3.63) is 23.9 Å². The van der Waals surface area contributed by atoms with Crippen LogP contribution >= 0.6 is 0 Å². The van der Waals surface area contributed by atoms with E-state index < -0.39 is 0 Å². The van der Waals surface area contributed by atoms with Crippen LogP contribution < -0.4 is 0 Å². The third kappa shape index (κ3) is 2.33. The van der Waals surface area contributed by atoms with Gasteiger partial charge in [0.2, 0.25) is 0 Å². The molecule has 12 heavy (non-hydrogen) atoms. The van der Waals surface area contributed by atoms with Crippen molar-refractivity contribution in [3.8, 4) is 0 Å². The van der Waals surface area contributed by atoms with Gasteiger partial charge in [-0.3, -0.25) is 4.99 Å². The summed E-state index contributed by atoms with van der Waals surface area (Å²) in [6.07, 6.45) is 4.22. The number of nitrogens with zero attached hydrogens (tertiary/aromatic N) is 1. The fraction of sp³-hybridized carbons (Fsp3) is 0.545. The minimum Gasteiger partial charge on any atom is -0.269 e. The Balaban J connectivity index is 0.000000561. The predicted molar refractivity (Wildman–Crippen MR) is 56.5 cm³/mol. The fourth-order valence-corrected chi connectivity index (χ4v) is 1.42. The third-order valence-corrected chi connectivity index (χ3v) is 2.06. The number of allylic oxidation sites excluding steroid dienone is 3. The van der Waals surface area contributed by atoms with Gasteiger partial charge in [0.25, 0.3) is 0 Å². The quantitative estimate of drug-likeness (QED) is 0.554. The molecule has 1 unspecified atom stereocenters. The van der Waals surface area contributed by atoms with E-state index in [9.17, 15) is 0 Å². The summed E-state index contributed by atoms with van der Waals surface area (Å²) >= 11 is 0. The van der Waals surface area contributed by atoms with Crippen LogP contribution in [0.1, 0.15) is 33.6 Å². The van der Waals surface area contributed by atoms with E-state index in [-0.39, 0.29) is 0 Å². The van der Waals surface area contributed by atoms with Crippen LogP contribution in [0.5, 0.6) is 0 Å². The second kappa shape index (κ2) is 5.76. The maximum absolute atomic E-state index is 3.98. The van der Waals surface area contributed by atoms with Gasteiger partial charge in [0, 0.05) is 5.70 Å². The van der Waals surface area contributed by atoms with Gasteiger partial charge in [-0.25, -0.2) is 0 Å². The molecule has 0 saturated carbocycles. The lowest BCUT2D eigenvalue weighted by atomic mass is 10.1. The van der Waals surface area contributed by atoms with E-state index in [2.05, 4.69) is 25.2 Å². The topological polar surface area (TPSA) is 12.4 Å². The van der Waals surface area contributed by atoms with Crippen molar-refractivity contribution >= 4 is 6.72 Å². The molecule has 1 aliphatic rings. The Morgan fingerprint density at radius 2 is 2.08 bits per heavy atom. The highest BCUT2D eigenvalue weighted by atomic mass is 14.7. The molecule has 0 aliphatic heterocycles. The first-order valence-corrected chi connectivity index (χ1v) is 4.61. The second-order valence-electron chi connectivity index (χ2n) is 2.71. The first-order valence-electron chi connectivity index (χ1n) is 4.61. The lowest BCUT2D eigenvalue weighted by molar-refractivity contribution is 0.665. The standard InChI is InChI=1S/C9H13N.C2H6/c1-4-8-6-5-7(2)9(8)10-3;1-2/h4,7H,1,3,5-6H2,2H3;1-2H3. The molecule has 0 saturated heterocycles. The Hall–Kier alpha value is -0.850. The molecule has 1 rings (SSSR count). The molecule has 0 heterocycles. The highest BCUT2D eigenvalue weighted by Crippen LogP contribution is 2.32. The van der Waals surface area contributed by atoms with Crippen molar-refractivity contribution < 1.29 is 0 Å². The van der Waals surface area contributed by atoms with Gasteiger partial charge in [-0.05, 0) is 31.1 Å². The van der Waals surface area contributed by atoms with Crippen LogP contribution in [0.25, 0.3) is 0 Å². The molecule has 0 aromatic carbocycles. The largest absolute Gasteiger partial charge is 0.269 e. The number of hydrogen-bond acceptors (Lipinski definition) is 1. The molecule has 1 nitrogen and oxygen atoms in total. The van der Waals surface area contributed by atoms with E-state index >= 15 is 0 Å². The highest BCUT2D eigenvalue weighted by molar-refractivity contribution is 5.37. The van der Waals surface area contributed by atoms with Gasteiger partial charge in [0.1, 0.15) is 0 Å². The van der Waals surface area contributed by atoms with E-state index in [1.165, 1.54) is 12.0 Å². The predicted octanol–water partition coefficient (Wildman–Crippen LogP) is 3.58. The van der Waals surface area contributed by atoms with Gasteiger partial charge in [0.15, 0.2) is 0 Å². The van der Waals surface area contributed by atoms with Crippen LogP contribution in [0.2, 0.25) is 0 Å². The van der Waals surface area contributed by atoms with Crippen LogP contribution in [-0.2, 0) is 0 Å². The van der Waals surface area contributed by atoms with Crippen LogP contribution in [-0.4, -0.2) is 6.72 Å². The summed E-state index contributed by atoms with van der Waals surface area (Å²) < 4.78 is 0. The van der Waals surface area contributed by atoms with Crippen molar-refractivity contribution in [1.29, 1.82) is 0 Å². The number of aliphatic imine (C=N–C) groups is 1. The van der Waals surface area contributed by atoms with E-state index in [4.69, 9.17) is 0 Å². The van der Waals surface area contributed by atoms with Crippen molar-refractivity contribution in [2.45, 2.75) is 33.6 Å². The molecule has 0 aromatic heterocycles. The average Bonchev–Trinajstić information content (AvgIpc) is 2.49. The van der Waals surface area contributed by atoms with Gasteiger partial charge in [-0.1, -0.05) is 33.4 Å².